The van der Waals surface area contributed by atoms with Gasteiger partial charge in [0.25, 0.3) is 0 Å². The van der Waals surface area contributed by atoms with Crippen LogP contribution in [-0.4, -0.2) is 19.2 Å². The smallest absolute Gasteiger partial charge is 0.123 e. The molecule has 0 heterocycles. The lowest BCUT2D eigenvalue weighted by molar-refractivity contribution is 0.169. The maximum Gasteiger partial charge on any atom is 0.123 e. The quantitative estimate of drug-likeness (QED) is 0.789. The summed E-state index contributed by atoms with van der Waals surface area (Å²) in [4.78, 5) is 0. The van der Waals surface area contributed by atoms with Crippen LogP contribution in [0.3, 0.4) is 0 Å². The van der Waals surface area contributed by atoms with Gasteiger partial charge in [-0.1, -0.05) is 39.0 Å². The molecule has 1 rings (SSSR count). The van der Waals surface area contributed by atoms with E-state index in [0.29, 0.717) is 12.0 Å². The molecule has 2 heteroatoms. The number of benzene rings is 1. The highest BCUT2D eigenvalue weighted by Gasteiger charge is 2.17. The number of rotatable bonds is 7. The summed E-state index contributed by atoms with van der Waals surface area (Å²) in [6.45, 7) is 8.79. The summed E-state index contributed by atoms with van der Waals surface area (Å²) >= 11 is 0. The SMILES string of the molecule is CCC(C)c1ccccc1OC(C)C(CC)NC. The second kappa shape index (κ2) is 7.42. The molecule has 1 N–H and O–H groups in total. The van der Waals surface area contributed by atoms with Crippen molar-refractivity contribution < 1.29 is 4.74 Å². The highest BCUT2D eigenvalue weighted by Crippen LogP contribution is 2.29. The van der Waals surface area contributed by atoms with Crippen LogP contribution >= 0.6 is 0 Å². The third-order valence-corrected chi connectivity index (χ3v) is 3.75. The first-order valence-corrected chi connectivity index (χ1v) is 7.06. The molecule has 0 aliphatic heterocycles. The minimum absolute atomic E-state index is 0.185. The van der Waals surface area contributed by atoms with Gasteiger partial charge < -0.3 is 10.1 Å². The molecule has 1 aromatic carbocycles. The van der Waals surface area contributed by atoms with Gasteiger partial charge in [-0.15, -0.1) is 0 Å². The topological polar surface area (TPSA) is 21.3 Å². The summed E-state index contributed by atoms with van der Waals surface area (Å²) in [5.74, 6) is 1.58. The average molecular weight is 249 g/mol. The second-order valence-electron chi connectivity index (χ2n) is 4.97. The van der Waals surface area contributed by atoms with E-state index in [-0.39, 0.29) is 6.10 Å². The molecule has 0 saturated heterocycles. The van der Waals surface area contributed by atoms with Crippen molar-refractivity contribution in [3.05, 3.63) is 29.8 Å². The Morgan fingerprint density at radius 3 is 2.33 bits per heavy atom. The van der Waals surface area contributed by atoms with Gasteiger partial charge >= 0.3 is 0 Å². The molecule has 2 nitrogen and oxygen atoms in total. The Hall–Kier alpha value is -1.02. The Balaban J connectivity index is 2.83. The van der Waals surface area contributed by atoms with Crippen LogP contribution in [0.1, 0.15) is 52.0 Å². The van der Waals surface area contributed by atoms with Crippen molar-refractivity contribution in [3.8, 4) is 5.75 Å². The Morgan fingerprint density at radius 2 is 1.78 bits per heavy atom. The second-order valence-corrected chi connectivity index (χ2v) is 4.97. The lowest BCUT2D eigenvalue weighted by Crippen LogP contribution is -2.38. The number of likely N-dealkylation sites (N-methyl/N-ethyl adjacent to an activating group) is 1. The van der Waals surface area contributed by atoms with E-state index in [4.69, 9.17) is 4.74 Å². The van der Waals surface area contributed by atoms with Crippen molar-refractivity contribution in [1.82, 2.24) is 5.32 Å². The fraction of sp³-hybridized carbons (Fsp3) is 0.625. The van der Waals surface area contributed by atoms with Crippen LogP contribution in [0.4, 0.5) is 0 Å². The highest BCUT2D eigenvalue weighted by molar-refractivity contribution is 5.36. The van der Waals surface area contributed by atoms with Gasteiger partial charge in [0.15, 0.2) is 0 Å². The Labute approximate surface area is 112 Å². The fourth-order valence-electron chi connectivity index (χ4n) is 2.27. The zero-order valence-corrected chi connectivity index (χ0v) is 12.4. The summed E-state index contributed by atoms with van der Waals surface area (Å²) in [7, 11) is 1.99. The third kappa shape index (κ3) is 3.74. The van der Waals surface area contributed by atoms with Gasteiger partial charge in [0, 0.05) is 6.04 Å². The standard InChI is InChI=1S/C16H27NO/c1-6-12(3)14-10-8-9-11-16(14)18-13(4)15(7-2)17-5/h8-13,15,17H,6-7H2,1-5H3. The maximum atomic E-state index is 6.15. The predicted octanol–water partition coefficient (Wildman–Crippen LogP) is 3.97. The molecule has 0 aliphatic carbocycles. The van der Waals surface area contributed by atoms with Crippen LogP contribution in [0.15, 0.2) is 24.3 Å². The van der Waals surface area contributed by atoms with Crippen LogP contribution < -0.4 is 10.1 Å². The minimum atomic E-state index is 0.185. The first kappa shape index (κ1) is 15.0. The van der Waals surface area contributed by atoms with E-state index in [0.717, 1.165) is 18.6 Å². The Bertz CT molecular complexity index is 347. The van der Waals surface area contributed by atoms with Crippen molar-refractivity contribution in [2.24, 2.45) is 0 Å². The summed E-state index contributed by atoms with van der Waals surface area (Å²) in [6.07, 6.45) is 2.39. The van der Waals surface area contributed by atoms with E-state index >= 15 is 0 Å². The van der Waals surface area contributed by atoms with Gasteiger partial charge in [-0.25, -0.2) is 0 Å². The van der Waals surface area contributed by atoms with Gasteiger partial charge in [-0.3, -0.25) is 0 Å². The molecule has 0 radical (unpaired) electrons. The number of nitrogens with one attached hydrogen (secondary N) is 1. The van der Waals surface area contributed by atoms with Crippen molar-refractivity contribution >= 4 is 0 Å². The zero-order chi connectivity index (χ0) is 13.5. The molecule has 18 heavy (non-hydrogen) atoms. The average Bonchev–Trinajstić information content (AvgIpc) is 2.40. The molecule has 3 unspecified atom stereocenters. The van der Waals surface area contributed by atoms with Gasteiger partial charge in [0.05, 0.1) is 0 Å². The van der Waals surface area contributed by atoms with E-state index in [1.54, 1.807) is 0 Å². The molecular formula is C16H27NO. The zero-order valence-electron chi connectivity index (χ0n) is 12.4. The Morgan fingerprint density at radius 1 is 1.11 bits per heavy atom. The van der Waals surface area contributed by atoms with Crippen LogP contribution in [0, 0.1) is 0 Å². The molecule has 0 bridgehead atoms. The first-order valence-electron chi connectivity index (χ1n) is 7.06. The molecule has 0 amide bonds. The van der Waals surface area contributed by atoms with Gasteiger partial charge in [0.2, 0.25) is 0 Å². The normalized spacial score (nSPS) is 16.1. The molecule has 0 aromatic heterocycles. The molecule has 0 aliphatic rings. The number of hydrogen-bond donors (Lipinski definition) is 1. The van der Waals surface area contributed by atoms with Crippen LogP contribution in [-0.2, 0) is 0 Å². The van der Waals surface area contributed by atoms with Crippen LogP contribution in [0.25, 0.3) is 0 Å². The molecule has 0 fully saturated rings. The largest absolute Gasteiger partial charge is 0.489 e. The molecule has 1 aromatic rings. The van der Waals surface area contributed by atoms with Crippen molar-refractivity contribution in [2.45, 2.75) is 58.6 Å². The van der Waals surface area contributed by atoms with Crippen molar-refractivity contribution in [2.75, 3.05) is 7.05 Å². The molecular weight excluding hydrogens is 222 g/mol. The highest BCUT2D eigenvalue weighted by atomic mass is 16.5. The monoisotopic (exact) mass is 249 g/mol. The van der Waals surface area contributed by atoms with Gasteiger partial charge in [-0.2, -0.15) is 0 Å². The first-order chi connectivity index (χ1) is 8.63. The summed E-state index contributed by atoms with van der Waals surface area (Å²) < 4.78 is 6.15. The molecule has 0 spiro atoms. The fourth-order valence-corrected chi connectivity index (χ4v) is 2.27. The third-order valence-electron chi connectivity index (χ3n) is 3.75. The van der Waals surface area contributed by atoms with Crippen molar-refractivity contribution in [1.29, 1.82) is 0 Å². The summed E-state index contributed by atoms with van der Waals surface area (Å²) in [5.41, 5.74) is 1.32. The molecule has 0 saturated carbocycles. The van der Waals surface area contributed by atoms with Crippen LogP contribution in [0.5, 0.6) is 5.75 Å². The van der Waals surface area contributed by atoms with Gasteiger partial charge in [-0.05, 0) is 44.4 Å². The van der Waals surface area contributed by atoms with E-state index in [1.165, 1.54) is 5.56 Å². The van der Waals surface area contributed by atoms with E-state index < -0.39 is 0 Å². The number of hydrogen-bond acceptors (Lipinski definition) is 2. The number of ether oxygens (including phenoxy) is 1. The maximum absolute atomic E-state index is 6.15. The summed E-state index contributed by atoms with van der Waals surface area (Å²) in [6, 6.07) is 8.80. The lowest BCUT2D eigenvalue weighted by atomic mass is 9.97. The van der Waals surface area contributed by atoms with E-state index in [9.17, 15) is 0 Å². The van der Waals surface area contributed by atoms with Crippen LogP contribution in [0.2, 0.25) is 0 Å². The lowest BCUT2D eigenvalue weighted by Gasteiger charge is -2.25. The Kier molecular flexibility index (Phi) is 6.20. The molecule has 102 valence electrons. The minimum Gasteiger partial charge on any atom is -0.489 e. The molecule has 3 atom stereocenters. The van der Waals surface area contributed by atoms with Crippen molar-refractivity contribution in [3.63, 3.8) is 0 Å². The predicted molar refractivity (Wildman–Crippen MR) is 78.4 cm³/mol. The van der Waals surface area contributed by atoms with E-state index in [2.05, 4.69) is 51.2 Å². The number of para-hydroxylation sites is 1. The van der Waals surface area contributed by atoms with E-state index in [1.807, 2.05) is 13.1 Å². The summed E-state index contributed by atoms with van der Waals surface area (Å²) in [5, 5.41) is 3.31. The van der Waals surface area contributed by atoms with Gasteiger partial charge in [0.1, 0.15) is 11.9 Å².